The van der Waals surface area contributed by atoms with Crippen molar-refractivity contribution in [1.29, 1.82) is 0 Å². The average molecular weight is 185 g/mol. The lowest BCUT2D eigenvalue weighted by atomic mass is 10.2. The Morgan fingerprint density at radius 2 is 2.08 bits per heavy atom. The molecule has 13 heavy (non-hydrogen) atoms. The van der Waals surface area contributed by atoms with Crippen molar-refractivity contribution in [2.45, 2.75) is 26.7 Å². The molecule has 0 aliphatic carbocycles. The van der Waals surface area contributed by atoms with Crippen molar-refractivity contribution >= 4 is 11.9 Å². The Morgan fingerprint density at radius 3 is 2.46 bits per heavy atom. The van der Waals surface area contributed by atoms with Crippen LogP contribution < -0.4 is 5.32 Å². The highest BCUT2D eigenvalue weighted by Crippen LogP contribution is 2.00. The van der Waals surface area contributed by atoms with Gasteiger partial charge in [0.1, 0.15) is 0 Å². The van der Waals surface area contributed by atoms with Crippen LogP contribution in [0.5, 0.6) is 0 Å². The summed E-state index contributed by atoms with van der Waals surface area (Å²) < 4.78 is 4.44. The second kappa shape index (κ2) is 6.22. The molecule has 0 aromatic carbocycles. The molecule has 0 heterocycles. The molecule has 0 unspecified atom stereocenters. The Balaban J connectivity index is 4.30. The van der Waals surface area contributed by atoms with Gasteiger partial charge in [-0.2, -0.15) is 0 Å². The van der Waals surface area contributed by atoms with Crippen molar-refractivity contribution in [2.24, 2.45) is 0 Å². The highest BCUT2D eigenvalue weighted by molar-refractivity contribution is 5.84. The van der Waals surface area contributed by atoms with Crippen molar-refractivity contribution in [3.63, 3.8) is 0 Å². The van der Waals surface area contributed by atoms with E-state index >= 15 is 0 Å². The Kier molecular flexibility index (Phi) is 5.59. The van der Waals surface area contributed by atoms with Gasteiger partial charge in [0.2, 0.25) is 5.91 Å². The van der Waals surface area contributed by atoms with Crippen molar-refractivity contribution in [3.8, 4) is 0 Å². The zero-order chi connectivity index (χ0) is 10.3. The molecule has 0 atom stereocenters. The maximum Gasteiger partial charge on any atom is 0.332 e. The van der Waals surface area contributed by atoms with Gasteiger partial charge in [-0.1, -0.05) is 13.3 Å². The minimum Gasteiger partial charge on any atom is -0.466 e. The Morgan fingerprint density at radius 1 is 1.46 bits per heavy atom. The standard InChI is InChI=1S/C9H15NO3/c1-4-5-8(10-7(2)11)6-9(12)13-3/h6H,4-5H2,1-3H3,(H,10,11)/b8-6-. The third kappa shape index (κ3) is 5.90. The van der Waals surface area contributed by atoms with Crippen molar-refractivity contribution < 1.29 is 14.3 Å². The van der Waals surface area contributed by atoms with Crippen LogP contribution in [0.3, 0.4) is 0 Å². The van der Waals surface area contributed by atoms with Gasteiger partial charge in [-0.25, -0.2) is 4.79 Å². The fourth-order valence-corrected chi connectivity index (χ4v) is 0.867. The van der Waals surface area contributed by atoms with Gasteiger partial charge in [0.05, 0.1) is 7.11 Å². The van der Waals surface area contributed by atoms with Gasteiger partial charge in [-0.3, -0.25) is 4.79 Å². The Hall–Kier alpha value is -1.32. The third-order valence-corrected chi connectivity index (χ3v) is 1.35. The van der Waals surface area contributed by atoms with Crippen LogP contribution in [0.2, 0.25) is 0 Å². The maximum atomic E-state index is 10.8. The molecule has 4 nitrogen and oxygen atoms in total. The second-order valence-corrected chi connectivity index (χ2v) is 2.62. The zero-order valence-electron chi connectivity index (χ0n) is 8.22. The van der Waals surface area contributed by atoms with Gasteiger partial charge in [-0.05, 0) is 6.42 Å². The maximum absolute atomic E-state index is 10.8. The molecule has 1 amide bonds. The Bertz CT molecular complexity index is 221. The molecular weight excluding hydrogens is 170 g/mol. The first kappa shape index (κ1) is 11.7. The number of rotatable bonds is 4. The first-order valence-electron chi connectivity index (χ1n) is 4.16. The minimum atomic E-state index is -0.447. The SMILES string of the molecule is CCC/C(=C/C(=O)OC)NC(C)=O. The summed E-state index contributed by atoms with van der Waals surface area (Å²) >= 11 is 0. The van der Waals surface area contributed by atoms with Crippen LogP contribution >= 0.6 is 0 Å². The molecule has 4 heteroatoms. The smallest absolute Gasteiger partial charge is 0.332 e. The van der Waals surface area contributed by atoms with Crippen molar-refractivity contribution in [1.82, 2.24) is 5.32 Å². The van der Waals surface area contributed by atoms with E-state index in [1.165, 1.54) is 20.1 Å². The number of ether oxygens (including phenoxy) is 1. The van der Waals surface area contributed by atoms with Gasteiger partial charge in [0, 0.05) is 18.7 Å². The van der Waals surface area contributed by atoms with Crippen LogP contribution in [0.1, 0.15) is 26.7 Å². The summed E-state index contributed by atoms with van der Waals surface area (Å²) in [5.41, 5.74) is 0.599. The van der Waals surface area contributed by atoms with Gasteiger partial charge in [0.15, 0.2) is 0 Å². The van der Waals surface area contributed by atoms with Crippen LogP contribution in [0.4, 0.5) is 0 Å². The summed E-state index contributed by atoms with van der Waals surface area (Å²) in [5.74, 6) is -0.624. The number of esters is 1. The predicted molar refractivity (Wildman–Crippen MR) is 48.8 cm³/mol. The molecule has 0 saturated heterocycles. The predicted octanol–water partition coefficient (Wildman–Crippen LogP) is 0.980. The number of allylic oxidation sites excluding steroid dienone is 1. The lowest BCUT2D eigenvalue weighted by Gasteiger charge is -2.05. The van der Waals surface area contributed by atoms with E-state index in [1.54, 1.807) is 0 Å². The van der Waals surface area contributed by atoms with E-state index in [4.69, 9.17) is 0 Å². The summed E-state index contributed by atoms with van der Waals surface area (Å²) in [7, 11) is 1.30. The zero-order valence-corrected chi connectivity index (χ0v) is 8.22. The molecule has 0 rings (SSSR count). The number of amides is 1. The van der Waals surface area contributed by atoms with E-state index in [2.05, 4.69) is 10.1 Å². The lowest BCUT2D eigenvalue weighted by Crippen LogP contribution is -2.20. The number of methoxy groups -OCH3 is 1. The number of carbonyl (C=O) groups is 2. The number of hydrogen-bond donors (Lipinski definition) is 1. The van der Waals surface area contributed by atoms with Crippen LogP contribution in [0.15, 0.2) is 11.8 Å². The van der Waals surface area contributed by atoms with Gasteiger partial charge in [0.25, 0.3) is 0 Å². The van der Waals surface area contributed by atoms with Crippen molar-refractivity contribution in [2.75, 3.05) is 7.11 Å². The van der Waals surface area contributed by atoms with Crippen LogP contribution in [0, 0.1) is 0 Å². The van der Waals surface area contributed by atoms with E-state index in [-0.39, 0.29) is 5.91 Å². The van der Waals surface area contributed by atoms with E-state index in [9.17, 15) is 9.59 Å². The largest absolute Gasteiger partial charge is 0.466 e. The number of hydrogen-bond acceptors (Lipinski definition) is 3. The molecule has 0 fully saturated rings. The Labute approximate surface area is 78.0 Å². The quantitative estimate of drug-likeness (QED) is 0.524. The van der Waals surface area contributed by atoms with E-state index in [0.29, 0.717) is 12.1 Å². The number of nitrogens with one attached hydrogen (secondary N) is 1. The molecular formula is C9H15NO3. The first-order valence-corrected chi connectivity index (χ1v) is 4.16. The molecule has 0 bridgehead atoms. The molecule has 74 valence electrons. The van der Waals surface area contributed by atoms with E-state index in [0.717, 1.165) is 6.42 Å². The summed E-state index contributed by atoms with van der Waals surface area (Å²) in [6.07, 6.45) is 2.82. The van der Waals surface area contributed by atoms with E-state index < -0.39 is 5.97 Å². The summed E-state index contributed by atoms with van der Waals surface area (Å²) in [5, 5.41) is 2.57. The van der Waals surface area contributed by atoms with Gasteiger partial charge < -0.3 is 10.1 Å². The third-order valence-electron chi connectivity index (χ3n) is 1.35. The molecule has 0 saturated carbocycles. The van der Waals surface area contributed by atoms with Gasteiger partial charge >= 0.3 is 5.97 Å². The minimum absolute atomic E-state index is 0.177. The monoisotopic (exact) mass is 185 g/mol. The highest BCUT2D eigenvalue weighted by Gasteiger charge is 2.02. The molecule has 0 radical (unpaired) electrons. The summed E-state index contributed by atoms with van der Waals surface area (Å²) in [4.78, 5) is 21.5. The normalized spacial score (nSPS) is 10.8. The molecule has 0 aromatic heterocycles. The summed E-state index contributed by atoms with van der Waals surface area (Å²) in [6, 6.07) is 0. The number of carbonyl (C=O) groups excluding carboxylic acids is 2. The molecule has 1 N–H and O–H groups in total. The van der Waals surface area contributed by atoms with Crippen LogP contribution in [0.25, 0.3) is 0 Å². The van der Waals surface area contributed by atoms with Crippen LogP contribution in [-0.4, -0.2) is 19.0 Å². The molecule has 0 aromatic rings. The topological polar surface area (TPSA) is 55.4 Å². The van der Waals surface area contributed by atoms with Crippen LogP contribution in [-0.2, 0) is 14.3 Å². The summed E-state index contributed by atoms with van der Waals surface area (Å²) in [6.45, 7) is 3.37. The van der Waals surface area contributed by atoms with E-state index in [1.807, 2.05) is 6.92 Å². The lowest BCUT2D eigenvalue weighted by molar-refractivity contribution is -0.134. The fraction of sp³-hybridized carbons (Fsp3) is 0.556. The van der Waals surface area contributed by atoms with Gasteiger partial charge in [-0.15, -0.1) is 0 Å². The fourth-order valence-electron chi connectivity index (χ4n) is 0.867. The second-order valence-electron chi connectivity index (χ2n) is 2.62. The average Bonchev–Trinajstić information content (AvgIpc) is 2.03. The molecule has 0 aliphatic heterocycles. The molecule has 0 spiro atoms. The van der Waals surface area contributed by atoms with Crippen molar-refractivity contribution in [3.05, 3.63) is 11.8 Å². The highest BCUT2D eigenvalue weighted by atomic mass is 16.5. The first-order chi connectivity index (χ1) is 6.10. The molecule has 0 aliphatic rings.